The number of carbonyl (C=O) groups is 2. The molecule has 0 spiro atoms. The van der Waals surface area contributed by atoms with Gasteiger partial charge in [-0.3, -0.25) is 14.6 Å². The van der Waals surface area contributed by atoms with E-state index in [1.54, 1.807) is 14.1 Å². The smallest absolute Gasteiger partial charge is 0.261 e. The lowest BCUT2D eigenvalue weighted by atomic mass is 9.98. The van der Waals surface area contributed by atoms with Crippen LogP contribution in [0.25, 0.3) is 11.1 Å². The first-order valence-electron chi connectivity index (χ1n) is 9.77. The van der Waals surface area contributed by atoms with Crippen LogP contribution in [0.2, 0.25) is 5.02 Å². The minimum absolute atomic E-state index is 0.00994. The number of hydrogen-bond acceptors (Lipinski definition) is 4. The van der Waals surface area contributed by atoms with Crippen molar-refractivity contribution in [2.45, 2.75) is 4.90 Å². The fraction of sp³-hybridized carbons (Fsp3) is 0.125. The minimum atomic E-state index is -1.89. The van der Waals surface area contributed by atoms with E-state index in [-0.39, 0.29) is 33.5 Å². The summed E-state index contributed by atoms with van der Waals surface area (Å²) in [5, 5.41) is 2.31. The van der Waals surface area contributed by atoms with Crippen molar-refractivity contribution in [2.75, 3.05) is 25.2 Å². The van der Waals surface area contributed by atoms with E-state index < -0.39 is 40.3 Å². The summed E-state index contributed by atoms with van der Waals surface area (Å²) in [5.74, 6) is -6.70. The predicted molar refractivity (Wildman–Crippen MR) is 126 cm³/mol. The second-order valence-electron chi connectivity index (χ2n) is 7.25. The van der Waals surface area contributed by atoms with Gasteiger partial charge in [-0.1, -0.05) is 17.5 Å². The van der Waals surface area contributed by atoms with E-state index in [1.807, 2.05) is 0 Å². The average Bonchev–Trinajstić information content (AvgIpc) is 2.82. The van der Waals surface area contributed by atoms with Crippen LogP contribution in [-0.2, 0) is 4.79 Å². The monoisotopic (exact) mass is 521 g/mol. The summed E-state index contributed by atoms with van der Waals surface area (Å²) in [5.41, 5.74) is -2.89. The predicted octanol–water partition coefficient (Wildman–Crippen LogP) is 5.37. The summed E-state index contributed by atoms with van der Waals surface area (Å²) in [6.07, 6.45) is 7.53. The van der Waals surface area contributed by atoms with Crippen molar-refractivity contribution in [1.82, 2.24) is 9.88 Å². The maximum Gasteiger partial charge on any atom is 0.261 e. The Morgan fingerprint density at radius 3 is 2.34 bits per heavy atom. The van der Waals surface area contributed by atoms with E-state index in [2.05, 4.69) is 16.2 Å². The molecular formula is C24H16ClF4N3O2S. The highest BCUT2D eigenvalue weighted by Crippen LogP contribution is 2.34. The number of benzene rings is 2. The van der Waals surface area contributed by atoms with Gasteiger partial charge < -0.3 is 10.2 Å². The zero-order valence-corrected chi connectivity index (χ0v) is 19.8. The Morgan fingerprint density at radius 1 is 1.11 bits per heavy atom. The van der Waals surface area contributed by atoms with Crippen LogP contribution >= 0.6 is 23.4 Å². The fourth-order valence-electron chi connectivity index (χ4n) is 2.95. The van der Waals surface area contributed by atoms with Crippen molar-refractivity contribution in [3.05, 3.63) is 76.1 Å². The van der Waals surface area contributed by atoms with Crippen molar-refractivity contribution in [3.8, 4) is 23.5 Å². The summed E-state index contributed by atoms with van der Waals surface area (Å²) in [6.45, 7) is 0. The minimum Gasteiger partial charge on any atom is -0.348 e. The molecule has 5 nitrogen and oxygen atoms in total. The first-order chi connectivity index (χ1) is 16.6. The number of anilines is 1. The molecule has 35 heavy (non-hydrogen) atoms. The topological polar surface area (TPSA) is 62.3 Å². The molecular weight excluding hydrogens is 506 g/mol. The number of nitrogens with one attached hydrogen (secondary N) is 1. The zero-order valence-electron chi connectivity index (χ0n) is 18.3. The molecule has 1 N–H and O–H groups in total. The number of thioether (sulfide) groups is 1. The van der Waals surface area contributed by atoms with Crippen LogP contribution in [0.3, 0.4) is 0 Å². The number of halogens is 5. The van der Waals surface area contributed by atoms with Gasteiger partial charge in [0.15, 0.2) is 23.3 Å². The van der Waals surface area contributed by atoms with E-state index in [9.17, 15) is 27.2 Å². The molecule has 0 aliphatic heterocycles. The first-order valence-corrected chi connectivity index (χ1v) is 11.1. The Kier molecular flexibility index (Phi) is 8.04. The molecule has 0 fully saturated rings. The molecule has 3 rings (SSSR count). The van der Waals surface area contributed by atoms with Crippen LogP contribution in [0.5, 0.6) is 0 Å². The number of nitrogens with zero attached hydrogens (tertiary/aromatic N) is 2. The maximum absolute atomic E-state index is 14.8. The van der Waals surface area contributed by atoms with Gasteiger partial charge in [-0.25, -0.2) is 17.6 Å². The molecule has 0 unspecified atom stereocenters. The van der Waals surface area contributed by atoms with Crippen LogP contribution in [0.1, 0.15) is 15.9 Å². The molecule has 1 aromatic heterocycles. The van der Waals surface area contributed by atoms with Crippen molar-refractivity contribution in [1.29, 1.82) is 0 Å². The van der Waals surface area contributed by atoms with Gasteiger partial charge in [0.2, 0.25) is 5.91 Å². The molecule has 2 amide bonds. The highest BCUT2D eigenvalue weighted by molar-refractivity contribution is 8.00. The molecule has 0 saturated heterocycles. The van der Waals surface area contributed by atoms with Gasteiger partial charge in [0, 0.05) is 42.6 Å². The number of amides is 2. The second-order valence-corrected chi connectivity index (χ2v) is 8.67. The third-order valence-corrected chi connectivity index (χ3v) is 6.26. The van der Waals surface area contributed by atoms with E-state index in [1.165, 1.54) is 23.1 Å². The van der Waals surface area contributed by atoms with Gasteiger partial charge in [0.25, 0.3) is 5.91 Å². The molecule has 0 radical (unpaired) electrons. The zero-order chi connectivity index (χ0) is 25.9. The lowest BCUT2D eigenvalue weighted by molar-refractivity contribution is -0.125. The summed E-state index contributed by atoms with van der Waals surface area (Å²) in [4.78, 5) is 29.9. The van der Waals surface area contributed by atoms with Crippen molar-refractivity contribution in [2.24, 2.45) is 0 Å². The standard InChI is InChI=1S/C24H16ClF4N3O2S/c1-4-12-10-30-8-7-14(12)18-20(26)22(28)19(23(29)21(18)27)24(34)31-13-5-6-16(15(25)9-13)35-11-17(33)32(2)3/h1,5-10H,11H2,2-3H3,(H,31,34). The number of pyridine rings is 1. The molecule has 180 valence electrons. The van der Waals surface area contributed by atoms with Gasteiger partial charge in [-0.05, 0) is 24.3 Å². The fourth-order valence-corrected chi connectivity index (χ4v) is 4.20. The largest absolute Gasteiger partial charge is 0.348 e. The summed E-state index contributed by atoms with van der Waals surface area (Å²) < 4.78 is 59.2. The molecule has 0 aliphatic carbocycles. The Balaban J connectivity index is 1.91. The molecule has 2 aromatic carbocycles. The normalized spacial score (nSPS) is 10.6. The second kappa shape index (κ2) is 10.8. The average molecular weight is 522 g/mol. The Morgan fingerprint density at radius 2 is 1.77 bits per heavy atom. The van der Waals surface area contributed by atoms with Gasteiger partial charge >= 0.3 is 0 Å². The summed E-state index contributed by atoms with van der Waals surface area (Å²) >= 11 is 7.31. The SMILES string of the molecule is C#Cc1cnccc1-c1c(F)c(F)c(C(=O)Nc2ccc(SCC(=O)N(C)C)c(Cl)c2)c(F)c1F. The summed E-state index contributed by atoms with van der Waals surface area (Å²) in [6, 6.07) is 5.21. The van der Waals surface area contributed by atoms with Crippen molar-refractivity contribution < 1.29 is 27.2 Å². The van der Waals surface area contributed by atoms with E-state index in [0.29, 0.717) is 4.90 Å². The molecule has 1 heterocycles. The van der Waals surface area contributed by atoms with E-state index in [0.717, 1.165) is 30.2 Å². The van der Waals surface area contributed by atoms with E-state index in [4.69, 9.17) is 18.0 Å². The molecule has 0 saturated carbocycles. The number of rotatable bonds is 6. The first kappa shape index (κ1) is 26.1. The van der Waals surface area contributed by atoms with Gasteiger partial charge in [-0.15, -0.1) is 18.2 Å². The molecule has 0 bridgehead atoms. The molecule has 0 atom stereocenters. The van der Waals surface area contributed by atoms with Crippen LogP contribution in [0.4, 0.5) is 23.2 Å². The quantitative estimate of drug-likeness (QED) is 0.205. The molecule has 11 heteroatoms. The summed E-state index contributed by atoms with van der Waals surface area (Å²) in [7, 11) is 3.20. The van der Waals surface area contributed by atoms with Crippen molar-refractivity contribution >= 4 is 40.9 Å². The van der Waals surface area contributed by atoms with Crippen LogP contribution in [0.15, 0.2) is 41.6 Å². The van der Waals surface area contributed by atoms with Crippen LogP contribution in [-0.4, -0.2) is 41.5 Å². The van der Waals surface area contributed by atoms with Gasteiger partial charge in [0.1, 0.15) is 5.56 Å². The highest BCUT2D eigenvalue weighted by atomic mass is 35.5. The Hall–Kier alpha value is -3.55. The lowest BCUT2D eigenvalue weighted by Crippen LogP contribution is -2.23. The number of terminal acetylenes is 1. The molecule has 3 aromatic rings. The van der Waals surface area contributed by atoms with E-state index >= 15 is 0 Å². The lowest BCUT2D eigenvalue weighted by Gasteiger charge is -2.14. The van der Waals surface area contributed by atoms with Gasteiger partial charge in [-0.2, -0.15) is 0 Å². The highest BCUT2D eigenvalue weighted by Gasteiger charge is 2.31. The maximum atomic E-state index is 14.8. The number of hydrogen-bond donors (Lipinski definition) is 1. The third-order valence-electron chi connectivity index (χ3n) is 4.78. The number of aromatic nitrogens is 1. The Labute approximate surface area is 207 Å². The number of carbonyl (C=O) groups excluding carboxylic acids is 2. The molecule has 0 aliphatic rings. The third kappa shape index (κ3) is 5.42. The van der Waals surface area contributed by atoms with Crippen LogP contribution in [0, 0.1) is 35.6 Å². The Bertz CT molecular complexity index is 1350. The van der Waals surface area contributed by atoms with Crippen molar-refractivity contribution in [3.63, 3.8) is 0 Å². The van der Waals surface area contributed by atoms with Gasteiger partial charge in [0.05, 0.1) is 21.9 Å². The van der Waals surface area contributed by atoms with Crippen LogP contribution < -0.4 is 5.32 Å².